The number of carboxylic acid groups (broad SMARTS) is 1. The number of ether oxygens (including phenoxy) is 1. The molecular weight excluding hydrogens is 312 g/mol. The summed E-state index contributed by atoms with van der Waals surface area (Å²) in [5.41, 5.74) is 2.58. The lowest BCUT2D eigenvalue weighted by Crippen LogP contribution is -1.95. The average Bonchev–Trinajstić information content (AvgIpc) is 2.97. The van der Waals surface area contributed by atoms with Gasteiger partial charge < -0.3 is 9.84 Å². The first-order valence-corrected chi connectivity index (χ1v) is 7.77. The predicted molar refractivity (Wildman–Crippen MR) is 87.4 cm³/mol. The van der Waals surface area contributed by atoms with E-state index in [0.717, 1.165) is 5.56 Å². The third kappa shape index (κ3) is 3.92. The number of rotatable bonds is 5. The predicted octanol–water partition coefficient (Wildman–Crippen LogP) is 3.93. The first-order chi connectivity index (χ1) is 11.1. The molecule has 0 saturated carbocycles. The van der Waals surface area contributed by atoms with E-state index in [-0.39, 0.29) is 5.56 Å². The Morgan fingerprint density at radius 1 is 1.13 bits per heavy atom. The molecule has 5 nitrogen and oxygen atoms in total. The van der Waals surface area contributed by atoms with Crippen molar-refractivity contribution in [1.82, 2.24) is 9.36 Å². The van der Waals surface area contributed by atoms with E-state index in [1.807, 2.05) is 6.92 Å². The Hall–Kier alpha value is -2.73. The van der Waals surface area contributed by atoms with Crippen LogP contribution in [0.3, 0.4) is 0 Å². The summed E-state index contributed by atoms with van der Waals surface area (Å²) in [6.07, 6.45) is 0.651. The minimum absolute atomic E-state index is 0.217. The smallest absolute Gasteiger partial charge is 0.335 e. The fourth-order valence-electron chi connectivity index (χ4n) is 2.01. The number of nitrogens with zero attached hydrogens (tertiary/aromatic N) is 2. The maximum absolute atomic E-state index is 10.8. The first-order valence-electron chi connectivity index (χ1n) is 6.99. The number of benzene rings is 2. The van der Waals surface area contributed by atoms with Gasteiger partial charge in [-0.1, -0.05) is 29.8 Å². The van der Waals surface area contributed by atoms with E-state index >= 15 is 0 Å². The van der Waals surface area contributed by atoms with Gasteiger partial charge in [-0.15, -0.1) is 0 Å². The third-order valence-corrected chi connectivity index (χ3v) is 3.87. The second kappa shape index (κ2) is 6.58. The van der Waals surface area contributed by atoms with Crippen LogP contribution in [0.1, 0.15) is 27.3 Å². The Morgan fingerprint density at radius 2 is 1.83 bits per heavy atom. The van der Waals surface area contributed by atoms with Gasteiger partial charge in [0.2, 0.25) is 0 Å². The lowest BCUT2D eigenvalue weighted by atomic mass is 10.1. The average molecular weight is 326 g/mol. The topological polar surface area (TPSA) is 72.3 Å². The normalized spacial score (nSPS) is 10.5. The molecule has 0 aliphatic carbocycles. The monoisotopic (exact) mass is 326 g/mol. The molecule has 3 rings (SSSR count). The lowest BCUT2D eigenvalue weighted by molar-refractivity contribution is 0.0697. The number of aryl methyl sites for hydroxylation is 1. The second-order valence-electron chi connectivity index (χ2n) is 5.07. The van der Waals surface area contributed by atoms with Crippen LogP contribution in [0, 0.1) is 6.92 Å². The van der Waals surface area contributed by atoms with Crippen molar-refractivity contribution in [2.24, 2.45) is 0 Å². The second-order valence-corrected chi connectivity index (χ2v) is 5.78. The van der Waals surface area contributed by atoms with Crippen LogP contribution < -0.4 is 4.74 Å². The van der Waals surface area contributed by atoms with Crippen molar-refractivity contribution in [2.75, 3.05) is 0 Å². The molecule has 23 heavy (non-hydrogen) atoms. The minimum Gasteiger partial charge on any atom is -0.478 e. The third-order valence-electron chi connectivity index (χ3n) is 3.24. The number of carboxylic acids is 1. The van der Waals surface area contributed by atoms with Gasteiger partial charge in [0.1, 0.15) is 5.75 Å². The van der Waals surface area contributed by atoms with Crippen LogP contribution >= 0.6 is 11.5 Å². The van der Waals surface area contributed by atoms with Gasteiger partial charge in [0, 0.05) is 18.0 Å². The lowest BCUT2D eigenvalue weighted by Gasteiger charge is -2.01. The molecule has 0 spiro atoms. The van der Waals surface area contributed by atoms with Gasteiger partial charge in [-0.2, -0.15) is 9.36 Å². The fourth-order valence-corrected chi connectivity index (χ4v) is 2.57. The molecule has 0 saturated heterocycles. The molecule has 3 aromatic rings. The Bertz CT molecular complexity index is 811. The zero-order valence-electron chi connectivity index (χ0n) is 12.4. The fraction of sp³-hybridized carbons (Fsp3) is 0.118. The van der Waals surface area contributed by atoms with E-state index in [2.05, 4.69) is 33.6 Å². The summed E-state index contributed by atoms with van der Waals surface area (Å²) >= 11 is 1.18. The molecule has 1 N–H and O–H groups in total. The van der Waals surface area contributed by atoms with Crippen molar-refractivity contribution in [1.29, 1.82) is 0 Å². The van der Waals surface area contributed by atoms with Gasteiger partial charge in [-0.3, -0.25) is 0 Å². The standard InChI is InChI=1S/C17H14N2O3S/c1-11-2-4-12(5-3-11)10-15-18-17(23-19-15)22-14-8-6-13(7-9-14)16(20)21/h2-9H,10H2,1H3,(H,20,21). The summed E-state index contributed by atoms with van der Waals surface area (Å²) in [4.78, 5) is 15.2. The molecule has 0 aliphatic heterocycles. The zero-order valence-corrected chi connectivity index (χ0v) is 13.2. The molecule has 0 unspecified atom stereocenters. The number of aromatic nitrogens is 2. The molecule has 2 aromatic carbocycles. The van der Waals surface area contributed by atoms with Gasteiger partial charge in [-0.25, -0.2) is 4.79 Å². The van der Waals surface area contributed by atoms with Gasteiger partial charge in [0.05, 0.1) is 5.56 Å². The van der Waals surface area contributed by atoms with Crippen molar-refractivity contribution in [3.63, 3.8) is 0 Å². The summed E-state index contributed by atoms with van der Waals surface area (Å²) in [6.45, 7) is 2.05. The van der Waals surface area contributed by atoms with Crippen LogP contribution in [0.25, 0.3) is 0 Å². The van der Waals surface area contributed by atoms with Crippen molar-refractivity contribution < 1.29 is 14.6 Å². The van der Waals surface area contributed by atoms with Gasteiger partial charge in [0.25, 0.3) is 5.19 Å². The van der Waals surface area contributed by atoms with E-state index in [1.54, 1.807) is 12.1 Å². The van der Waals surface area contributed by atoms with Crippen molar-refractivity contribution in [2.45, 2.75) is 13.3 Å². The maximum Gasteiger partial charge on any atom is 0.335 e. The summed E-state index contributed by atoms with van der Waals surface area (Å²) in [6, 6.07) is 14.4. The molecule has 6 heteroatoms. The SMILES string of the molecule is Cc1ccc(Cc2nsc(Oc3ccc(C(=O)O)cc3)n2)cc1. The van der Waals surface area contributed by atoms with Crippen molar-refractivity contribution in [3.05, 3.63) is 71.0 Å². The van der Waals surface area contributed by atoms with E-state index < -0.39 is 5.97 Å². The summed E-state index contributed by atoms with van der Waals surface area (Å²) in [7, 11) is 0. The molecule has 1 heterocycles. The highest BCUT2D eigenvalue weighted by molar-refractivity contribution is 7.07. The maximum atomic E-state index is 10.8. The molecule has 1 aromatic heterocycles. The van der Waals surface area contributed by atoms with Gasteiger partial charge in [-0.05, 0) is 36.8 Å². The van der Waals surface area contributed by atoms with E-state index in [0.29, 0.717) is 23.2 Å². The zero-order chi connectivity index (χ0) is 16.2. The van der Waals surface area contributed by atoms with Crippen LogP contribution in [-0.4, -0.2) is 20.4 Å². The number of hydrogen-bond acceptors (Lipinski definition) is 5. The first kappa shape index (κ1) is 15.2. The molecule has 116 valence electrons. The summed E-state index contributed by atoms with van der Waals surface area (Å²) in [5.74, 6) is 0.275. The van der Waals surface area contributed by atoms with Crippen LogP contribution in [0.5, 0.6) is 10.9 Å². The Morgan fingerprint density at radius 3 is 2.48 bits per heavy atom. The number of hydrogen-bond donors (Lipinski definition) is 1. The quantitative estimate of drug-likeness (QED) is 0.769. The van der Waals surface area contributed by atoms with Crippen LogP contribution in [0.15, 0.2) is 48.5 Å². The Balaban J connectivity index is 1.67. The van der Waals surface area contributed by atoms with Crippen molar-refractivity contribution >= 4 is 17.5 Å². The Labute approximate surface area is 137 Å². The molecule has 0 fully saturated rings. The van der Waals surface area contributed by atoms with Crippen molar-refractivity contribution in [3.8, 4) is 10.9 Å². The minimum atomic E-state index is -0.965. The number of carbonyl (C=O) groups is 1. The summed E-state index contributed by atoms with van der Waals surface area (Å²) < 4.78 is 9.89. The van der Waals surface area contributed by atoms with Gasteiger partial charge in [0.15, 0.2) is 5.82 Å². The molecular formula is C17H14N2O3S. The molecule has 0 aliphatic rings. The van der Waals surface area contributed by atoms with Crippen LogP contribution in [-0.2, 0) is 6.42 Å². The molecule has 0 amide bonds. The molecule has 0 atom stereocenters. The highest BCUT2D eigenvalue weighted by atomic mass is 32.1. The van der Waals surface area contributed by atoms with E-state index in [9.17, 15) is 4.79 Å². The van der Waals surface area contributed by atoms with E-state index in [4.69, 9.17) is 9.84 Å². The molecule has 0 bridgehead atoms. The summed E-state index contributed by atoms with van der Waals surface area (Å²) in [5, 5.41) is 9.30. The van der Waals surface area contributed by atoms with Gasteiger partial charge >= 0.3 is 5.97 Å². The van der Waals surface area contributed by atoms with Crippen LogP contribution in [0.2, 0.25) is 0 Å². The highest BCUT2D eigenvalue weighted by Gasteiger charge is 2.08. The number of aromatic carboxylic acids is 1. The van der Waals surface area contributed by atoms with Crippen LogP contribution in [0.4, 0.5) is 0 Å². The largest absolute Gasteiger partial charge is 0.478 e. The molecule has 0 radical (unpaired) electrons. The Kier molecular flexibility index (Phi) is 4.34. The highest BCUT2D eigenvalue weighted by Crippen LogP contribution is 2.24. The van der Waals surface area contributed by atoms with E-state index in [1.165, 1.54) is 29.2 Å².